The maximum absolute atomic E-state index is 14.4. The van der Waals surface area contributed by atoms with Gasteiger partial charge in [-0.25, -0.2) is 17.2 Å². The minimum atomic E-state index is -3.27. The van der Waals surface area contributed by atoms with E-state index in [4.69, 9.17) is 0 Å². The fraction of sp³-hybridized carbons (Fsp3) is 0.167. The third-order valence-corrected chi connectivity index (χ3v) is 7.08. The van der Waals surface area contributed by atoms with Gasteiger partial charge in [-0.15, -0.1) is 0 Å². The molecule has 0 aliphatic carbocycles. The SMILES string of the molecule is O=C(/C=C/c1ccc(N2CCCS2(=O)=O)cc1)N(Cc1ccccn1)c1ccc(F)cc1F. The van der Waals surface area contributed by atoms with Gasteiger partial charge in [0.1, 0.15) is 11.6 Å². The average molecular weight is 470 g/mol. The van der Waals surface area contributed by atoms with E-state index < -0.39 is 27.6 Å². The number of hydrogen-bond acceptors (Lipinski definition) is 4. The fourth-order valence-corrected chi connectivity index (χ4v) is 5.14. The lowest BCUT2D eigenvalue weighted by Gasteiger charge is -2.21. The van der Waals surface area contributed by atoms with Gasteiger partial charge in [0.2, 0.25) is 10.0 Å². The number of amides is 1. The summed E-state index contributed by atoms with van der Waals surface area (Å²) in [6.07, 6.45) is 4.99. The predicted octanol–water partition coefficient (Wildman–Crippen LogP) is 4.15. The summed E-state index contributed by atoms with van der Waals surface area (Å²) in [4.78, 5) is 18.3. The molecule has 2 heterocycles. The number of sulfonamides is 1. The zero-order valence-corrected chi connectivity index (χ0v) is 18.4. The van der Waals surface area contributed by atoms with Crippen LogP contribution in [0.1, 0.15) is 17.7 Å². The topological polar surface area (TPSA) is 70.6 Å². The number of benzene rings is 2. The highest BCUT2D eigenvalue weighted by atomic mass is 32.2. The Morgan fingerprint density at radius 2 is 1.88 bits per heavy atom. The molecular formula is C24H21F2N3O3S. The van der Waals surface area contributed by atoms with Crippen molar-refractivity contribution >= 4 is 33.4 Å². The predicted molar refractivity (Wildman–Crippen MR) is 123 cm³/mol. The Morgan fingerprint density at radius 3 is 2.52 bits per heavy atom. The van der Waals surface area contributed by atoms with E-state index in [2.05, 4.69) is 4.98 Å². The summed E-state index contributed by atoms with van der Waals surface area (Å²) >= 11 is 0. The van der Waals surface area contributed by atoms with Gasteiger partial charge in [0.05, 0.1) is 29.4 Å². The van der Waals surface area contributed by atoms with E-state index in [0.29, 0.717) is 29.9 Å². The van der Waals surface area contributed by atoms with Gasteiger partial charge in [-0.1, -0.05) is 18.2 Å². The van der Waals surface area contributed by atoms with Crippen molar-refractivity contribution in [3.63, 3.8) is 0 Å². The average Bonchev–Trinajstić information content (AvgIpc) is 3.16. The molecule has 170 valence electrons. The van der Waals surface area contributed by atoms with Gasteiger partial charge in [0.25, 0.3) is 5.91 Å². The van der Waals surface area contributed by atoms with Crippen LogP contribution in [0, 0.1) is 11.6 Å². The maximum Gasteiger partial charge on any atom is 0.251 e. The van der Waals surface area contributed by atoms with Crippen LogP contribution < -0.4 is 9.21 Å². The van der Waals surface area contributed by atoms with Gasteiger partial charge in [0.15, 0.2) is 0 Å². The normalized spacial score (nSPS) is 15.2. The quantitative estimate of drug-likeness (QED) is 0.509. The van der Waals surface area contributed by atoms with Crippen molar-refractivity contribution in [2.24, 2.45) is 0 Å². The summed E-state index contributed by atoms with van der Waals surface area (Å²) in [7, 11) is -3.27. The third kappa shape index (κ3) is 5.25. The van der Waals surface area contributed by atoms with Crippen LogP contribution in [0.4, 0.5) is 20.2 Å². The highest BCUT2D eigenvalue weighted by Crippen LogP contribution is 2.25. The second-order valence-corrected chi connectivity index (χ2v) is 9.52. The molecule has 1 aromatic heterocycles. The Labute approximate surface area is 190 Å². The Hall–Kier alpha value is -3.59. The van der Waals surface area contributed by atoms with Gasteiger partial charge in [0, 0.05) is 24.9 Å². The molecule has 1 aliphatic heterocycles. The van der Waals surface area contributed by atoms with Gasteiger partial charge >= 0.3 is 0 Å². The zero-order chi connectivity index (χ0) is 23.4. The third-order valence-electron chi connectivity index (χ3n) is 5.21. The minimum Gasteiger partial charge on any atom is -0.300 e. The molecule has 2 aromatic carbocycles. The summed E-state index contributed by atoms with van der Waals surface area (Å²) < 4.78 is 53.4. The molecule has 1 fully saturated rings. The van der Waals surface area contributed by atoms with Crippen LogP contribution in [0.15, 0.2) is 72.9 Å². The number of rotatable bonds is 6. The van der Waals surface area contributed by atoms with Gasteiger partial charge in [-0.2, -0.15) is 0 Å². The van der Waals surface area contributed by atoms with Crippen molar-refractivity contribution in [3.8, 4) is 0 Å². The second kappa shape index (κ2) is 9.50. The van der Waals surface area contributed by atoms with Crippen molar-refractivity contribution in [2.75, 3.05) is 21.5 Å². The van der Waals surface area contributed by atoms with Crippen LogP contribution in [0.3, 0.4) is 0 Å². The van der Waals surface area contributed by atoms with E-state index in [0.717, 1.165) is 12.1 Å². The molecular weight excluding hydrogens is 448 g/mol. The minimum absolute atomic E-state index is 0.00166. The molecule has 0 unspecified atom stereocenters. The monoisotopic (exact) mass is 469 g/mol. The van der Waals surface area contributed by atoms with E-state index in [1.54, 1.807) is 54.7 Å². The largest absolute Gasteiger partial charge is 0.300 e. The summed E-state index contributed by atoms with van der Waals surface area (Å²) in [5.41, 5.74) is 1.72. The number of carbonyl (C=O) groups is 1. The van der Waals surface area contributed by atoms with E-state index in [-0.39, 0.29) is 18.0 Å². The molecule has 0 saturated carbocycles. The summed E-state index contributed by atoms with van der Waals surface area (Å²) in [6, 6.07) is 15.0. The molecule has 1 saturated heterocycles. The first kappa shape index (κ1) is 22.6. The first-order valence-corrected chi connectivity index (χ1v) is 11.9. The molecule has 0 spiro atoms. The van der Waals surface area contributed by atoms with Crippen LogP contribution in [0.2, 0.25) is 0 Å². The van der Waals surface area contributed by atoms with Crippen LogP contribution in [0.25, 0.3) is 6.08 Å². The van der Waals surface area contributed by atoms with E-state index in [1.807, 2.05) is 0 Å². The van der Waals surface area contributed by atoms with E-state index in [1.165, 1.54) is 21.3 Å². The summed E-state index contributed by atoms with van der Waals surface area (Å²) in [5, 5.41) is 0. The van der Waals surface area contributed by atoms with Crippen molar-refractivity contribution in [1.82, 2.24) is 4.98 Å². The molecule has 0 bridgehead atoms. The number of anilines is 2. The Morgan fingerprint density at radius 1 is 1.09 bits per heavy atom. The lowest BCUT2D eigenvalue weighted by atomic mass is 10.1. The number of halogens is 2. The Kier molecular flexibility index (Phi) is 6.50. The second-order valence-electron chi connectivity index (χ2n) is 7.51. The standard InChI is InChI=1S/C24H21F2N3O3S/c25-19-8-11-23(22(26)16-19)28(17-20-4-1-2-13-27-20)24(30)12-7-18-5-9-21(10-6-18)29-14-3-15-33(29,31)32/h1-2,4-13,16H,3,14-15,17H2/b12-7+. The lowest BCUT2D eigenvalue weighted by Crippen LogP contribution is -2.30. The molecule has 6 nitrogen and oxygen atoms in total. The summed E-state index contributed by atoms with van der Waals surface area (Å²) in [6.45, 7) is 0.444. The lowest BCUT2D eigenvalue weighted by molar-refractivity contribution is -0.114. The molecule has 0 radical (unpaired) electrons. The smallest absolute Gasteiger partial charge is 0.251 e. The number of carbonyl (C=O) groups excluding carboxylic acids is 1. The van der Waals surface area contributed by atoms with Crippen LogP contribution in [0.5, 0.6) is 0 Å². The molecule has 1 amide bonds. The first-order valence-electron chi connectivity index (χ1n) is 10.3. The van der Waals surface area contributed by atoms with Gasteiger partial charge < -0.3 is 0 Å². The molecule has 9 heteroatoms. The molecule has 1 aliphatic rings. The molecule has 4 rings (SSSR count). The number of pyridine rings is 1. The van der Waals surface area contributed by atoms with E-state index in [9.17, 15) is 22.0 Å². The van der Waals surface area contributed by atoms with Gasteiger partial charge in [-0.3, -0.25) is 19.0 Å². The van der Waals surface area contributed by atoms with Crippen LogP contribution >= 0.6 is 0 Å². The molecule has 0 N–H and O–H groups in total. The van der Waals surface area contributed by atoms with Crippen molar-refractivity contribution in [3.05, 3.63) is 95.8 Å². The van der Waals surface area contributed by atoms with Crippen molar-refractivity contribution in [2.45, 2.75) is 13.0 Å². The summed E-state index contributed by atoms with van der Waals surface area (Å²) in [5.74, 6) is -1.98. The van der Waals surface area contributed by atoms with Crippen LogP contribution in [-0.2, 0) is 21.4 Å². The van der Waals surface area contributed by atoms with E-state index >= 15 is 0 Å². The highest BCUT2D eigenvalue weighted by molar-refractivity contribution is 7.93. The fourth-order valence-electron chi connectivity index (χ4n) is 3.57. The molecule has 3 aromatic rings. The van der Waals surface area contributed by atoms with Crippen molar-refractivity contribution < 1.29 is 22.0 Å². The molecule has 0 atom stereocenters. The Bertz CT molecular complexity index is 1280. The van der Waals surface area contributed by atoms with Crippen molar-refractivity contribution in [1.29, 1.82) is 0 Å². The molecule has 33 heavy (non-hydrogen) atoms. The zero-order valence-electron chi connectivity index (χ0n) is 17.6. The number of nitrogens with zero attached hydrogens (tertiary/aromatic N) is 3. The van der Waals surface area contributed by atoms with Gasteiger partial charge in [-0.05, 0) is 54.5 Å². The van der Waals surface area contributed by atoms with Crippen LogP contribution in [-0.4, -0.2) is 31.6 Å². The number of aromatic nitrogens is 1. The number of hydrogen-bond donors (Lipinski definition) is 0. The highest BCUT2D eigenvalue weighted by Gasteiger charge is 2.28. The Balaban J connectivity index is 1.56. The maximum atomic E-state index is 14.4. The first-order chi connectivity index (χ1) is 15.8.